The zero-order valence-corrected chi connectivity index (χ0v) is 17.4. The molecule has 4 rings (SSSR count). The zero-order valence-electron chi connectivity index (χ0n) is 13.4. The van der Waals surface area contributed by atoms with Gasteiger partial charge >= 0.3 is 0 Å². The molecule has 0 fully saturated rings. The smallest absolute Gasteiger partial charge is 0.247 e. The van der Waals surface area contributed by atoms with E-state index in [0.717, 1.165) is 15.7 Å². The number of aromatic nitrogens is 3. The van der Waals surface area contributed by atoms with Gasteiger partial charge in [0.15, 0.2) is 5.69 Å². The van der Waals surface area contributed by atoms with Gasteiger partial charge in [0.1, 0.15) is 5.75 Å². The number of ether oxygens (including phenoxy) is 1. The number of phenolic OH excluding ortho intramolecular Hbond substituents is 1. The van der Waals surface area contributed by atoms with Crippen LogP contribution in [-0.2, 0) is 0 Å². The van der Waals surface area contributed by atoms with Crippen molar-refractivity contribution in [2.75, 3.05) is 11.6 Å². The summed E-state index contributed by atoms with van der Waals surface area (Å²) in [6, 6.07) is 11.3. The molecule has 1 aliphatic rings. The second-order valence-corrected chi connectivity index (χ2v) is 8.01. The fourth-order valence-corrected chi connectivity index (χ4v) is 4.22. The highest BCUT2D eigenvalue weighted by Gasteiger charge is 2.28. The first kappa shape index (κ1) is 17.6. The van der Waals surface area contributed by atoms with E-state index in [9.17, 15) is 5.11 Å². The SMILES string of the molecule is CSc1nnc2c(n1)O[C@H](c1cc(Br)cc(Br)c1O)Nc1ccccc1-2. The van der Waals surface area contributed by atoms with Crippen LogP contribution in [0.3, 0.4) is 0 Å². The predicted molar refractivity (Wildman–Crippen MR) is 108 cm³/mol. The standard InChI is InChI=1S/C17H12Br2N4O2S/c1-26-17-21-16-13(22-23-17)9-4-2-3-5-12(9)20-15(25-16)10-6-8(18)7-11(19)14(10)24/h2-7,15,20,24H,1H3/t15-/m1/s1. The highest BCUT2D eigenvalue weighted by atomic mass is 79.9. The summed E-state index contributed by atoms with van der Waals surface area (Å²) in [7, 11) is 0. The van der Waals surface area contributed by atoms with E-state index in [1.165, 1.54) is 11.8 Å². The molecule has 1 aromatic heterocycles. The van der Waals surface area contributed by atoms with Crippen LogP contribution in [0.25, 0.3) is 11.3 Å². The van der Waals surface area contributed by atoms with Gasteiger partial charge in [-0.05, 0) is 40.4 Å². The maximum absolute atomic E-state index is 10.5. The van der Waals surface area contributed by atoms with Crippen molar-refractivity contribution in [1.29, 1.82) is 0 Å². The van der Waals surface area contributed by atoms with Gasteiger partial charge in [-0.2, -0.15) is 4.98 Å². The Kier molecular flexibility index (Phi) is 4.76. The fraction of sp³-hybridized carbons (Fsp3) is 0.118. The minimum Gasteiger partial charge on any atom is -0.506 e. The number of thioether (sulfide) groups is 1. The number of phenols is 1. The van der Waals surface area contributed by atoms with Crippen molar-refractivity contribution in [3.05, 3.63) is 50.9 Å². The Labute approximate surface area is 170 Å². The minimum atomic E-state index is -0.655. The summed E-state index contributed by atoms with van der Waals surface area (Å²) >= 11 is 8.20. The number of hydrogen-bond donors (Lipinski definition) is 2. The maximum Gasteiger partial charge on any atom is 0.247 e. The van der Waals surface area contributed by atoms with Crippen LogP contribution in [0, 0.1) is 0 Å². The number of anilines is 1. The van der Waals surface area contributed by atoms with E-state index >= 15 is 0 Å². The third kappa shape index (κ3) is 3.15. The molecule has 6 nitrogen and oxygen atoms in total. The second kappa shape index (κ2) is 7.05. The van der Waals surface area contributed by atoms with Crippen molar-refractivity contribution >= 4 is 49.3 Å². The van der Waals surface area contributed by atoms with E-state index in [4.69, 9.17) is 4.74 Å². The fourth-order valence-electron chi connectivity index (χ4n) is 2.66. The molecule has 3 aromatic rings. The number of rotatable bonds is 2. The molecule has 132 valence electrons. The van der Waals surface area contributed by atoms with Crippen molar-refractivity contribution in [2.24, 2.45) is 0 Å². The molecule has 26 heavy (non-hydrogen) atoms. The third-order valence-corrected chi connectivity index (χ3v) is 5.46. The second-order valence-electron chi connectivity index (χ2n) is 5.47. The summed E-state index contributed by atoms with van der Waals surface area (Å²) in [5, 5.41) is 22.8. The lowest BCUT2D eigenvalue weighted by atomic mass is 10.1. The van der Waals surface area contributed by atoms with Crippen molar-refractivity contribution in [3.63, 3.8) is 0 Å². The van der Waals surface area contributed by atoms with Crippen molar-refractivity contribution in [1.82, 2.24) is 15.2 Å². The van der Waals surface area contributed by atoms with Gasteiger partial charge < -0.3 is 15.2 Å². The van der Waals surface area contributed by atoms with E-state index in [-0.39, 0.29) is 5.75 Å². The Morgan fingerprint density at radius 3 is 2.81 bits per heavy atom. The molecule has 0 radical (unpaired) electrons. The number of nitrogens with one attached hydrogen (secondary N) is 1. The summed E-state index contributed by atoms with van der Waals surface area (Å²) in [6.45, 7) is 0. The van der Waals surface area contributed by atoms with Crippen LogP contribution in [0.4, 0.5) is 5.69 Å². The topological polar surface area (TPSA) is 80.2 Å². The number of para-hydroxylation sites is 1. The predicted octanol–water partition coefficient (Wildman–Crippen LogP) is 4.99. The Bertz CT molecular complexity index is 1000. The van der Waals surface area contributed by atoms with Crippen LogP contribution >= 0.6 is 43.6 Å². The molecule has 0 saturated heterocycles. The van der Waals surface area contributed by atoms with Crippen LogP contribution in [0.5, 0.6) is 11.6 Å². The van der Waals surface area contributed by atoms with Gasteiger partial charge in [0.05, 0.1) is 10.0 Å². The summed E-state index contributed by atoms with van der Waals surface area (Å²) < 4.78 is 7.50. The molecule has 1 aliphatic heterocycles. The van der Waals surface area contributed by atoms with Gasteiger partial charge in [0.2, 0.25) is 17.3 Å². The van der Waals surface area contributed by atoms with E-state index in [1.807, 2.05) is 30.5 Å². The molecule has 2 heterocycles. The van der Waals surface area contributed by atoms with Gasteiger partial charge in [-0.25, -0.2) is 0 Å². The summed E-state index contributed by atoms with van der Waals surface area (Å²) in [5.74, 6) is 0.459. The van der Waals surface area contributed by atoms with E-state index in [2.05, 4.69) is 52.4 Å². The van der Waals surface area contributed by atoms with Gasteiger partial charge in [-0.15, -0.1) is 10.2 Å². The minimum absolute atomic E-state index is 0.0961. The van der Waals surface area contributed by atoms with Crippen molar-refractivity contribution < 1.29 is 9.84 Å². The molecule has 0 aliphatic carbocycles. The molecular formula is C17H12Br2N4O2S. The average Bonchev–Trinajstić information content (AvgIpc) is 2.80. The van der Waals surface area contributed by atoms with E-state index in [1.54, 1.807) is 12.1 Å². The lowest BCUT2D eigenvalue weighted by molar-refractivity contribution is 0.220. The first-order valence-electron chi connectivity index (χ1n) is 7.56. The summed E-state index contributed by atoms with van der Waals surface area (Å²) in [4.78, 5) is 4.46. The van der Waals surface area contributed by atoms with E-state index < -0.39 is 6.23 Å². The molecule has 0 bridgehead atoms. The zero-order chi connectivity index (χ0) is 18.3. The highest BCUT2D eigenvalue weighted by Crippen LogP contribution is 2.43. The third-order valence-electron chi connectivity index (χ3n) is 3.86. The molecule has 9 heteroatoms. The van der Waals surface area contributed by atoms with Crippen LogP contribution in [0.15, 0.2) is 50.5 Å². The van der Waals surface area contributed by atoms with Crippen LogP contribution in [-0.4, -0.2) is 26.5 Å². The molecule has 1 atom stereocenters. The lowest BCUT2D eigenvalue weighted by Gasteiger charge is -2.21. The van der Waals surface area contributed by atoms with Crippen molar-refractivity contribution in [3.8, 4) is 22.9 Å². The molecule has 2 aromatic carbocycles. The number of hydrogen-bond acceptors (Lipinski definition) is 7. The Balaban J connectivity index is 1.90. The van der Waals surface area contributed by atoms with Crippen molar-refractivity contribution in [2.45, 2.75) is 11.4 Å². The average molecular weight is 496 g/mol. The lowest BCUT2D eigenvalue weighted by Crippen LogP contribution is -2.17. The molecule has 0 unspecified atom stereocenters. The number of nitrogens with zero attached hydrogens (tertiary/aromatic N) is 3. The Hall–Kier alpha value is -1.84. The monoisotopic (exact) mass is 494 g/mol. The quantitative estimate of drug-likeness (QED) is 0.484. The maximum atomic E-state index is 10.5. The van der Waals surface area contributed by atoms with Crippen LogP contribution in [0.2, 0.25) is 0 Å². The largest absolute Gasteiger partial charge is 0.506 e. The number of benzene rings is 2. The number of aromatic hydroxyl groups is 1. The number of halogens is 2. The normalized spacial score (nSPS) is 15.3. The number of fused-ring (bicyclic) bond motifs is 3. The van der Waals surface area contributed by atoms with E-state index in [0.29, 0.717) is 26.8 Å². The van der Waals surface area contributed by atoms with Gasteiger partial charge in [0.25, 0.3) is 0 Å². The van der Waals surface area contributed by atoms with Crippen LogP contribution < -0.4 is 10.1 Å². The summed E-state index contributed by atoms with van der Waals surface area (Å²) in [5.41, 5.74) is 2.78. The first-order valence-corrected chi connectivity index (χ1v) is 10.4. The molecular weight excluding hydrogens is 484 g/mol. The Morgan fingerprint density at radius 2 is 2.00 bits per heavy atom. The highest BCUT2D eigenvalue weighted by molar-refractivity contribution is 9.11. The molecule has 2 N–H and O–H groups in total. The van der Waals surface area contributed by atoms with Gasteiger partial charge in [0, 0.05) is 15.7 Å². The molecule has 0 spiro atoms. The Morgan fingerprint density at radius 1 is 1.19 bits per heavy atom. The van der Waals surface area contributed by atoms with Gasteiger partial charge in [-0.3, -0.25) is 0 Å². The molecule has 0 saturated carbocycles. The summed E-state index contributed by atoms with van der Waals surface area (Å²) in [6.07, 6.45) is 1.22. The molecule has 0 amide bonds. The van der Waals surface area contributed by atoms with Gasteiger partial charge in [-0.1, -0.05) is 45.9 Å². The first-order chi connectivity index (χ1) is 12.6. The van der Waals surface area contributed by atoms with Crippen LogP contribution in [0.1, 0.15) is 11.8 Å².